The van der Waals surface area contributed by atoms with Gasteiger partial charge in [0.2, 0.25) is 0 Å². The van der Waals surface area contributed by atoms with E-state index < -0.39 is 26.1 Å². The highest BCUT2D eigenvalue weighted by Crippen LogP contribution is 2.34. The third-order valence-electron chi connectivity index (χ3n) is 2.49. The Kier molecular flexibility index (Phi) is 6.82. The van der Waals surface area contributed by atoms with E-state index in [0.717, 1.165) is 0 Å². The largest absolute Gasteiger partial charge is 0.550 e. The lowest BCUT2D eigenvalue weighted by Crippen LogP contribution is -2.22. The van der Waals surface area contributed by atoms with Crippen LogP contribution < -0.4 is 5.11 Å². The lowest BCUT2D eigenvalue weighted by molar-refractivity contribution is -0.305. The van der Waals surface area contributed by atoms with Crippen LogP contribution in [0.25, 0.3) is 11.1 Å². The van der Waals surface area contributed by atoms with Crippen molar-refractivity contribution in [3.63, 3.8) is 0 Å². The molecule has 0 heterocycles. The molecule has 0 aromatic heterocycles. The highest BCUT2D eigenvalue weighted by molar-refractivity contribution is 7.51. The van der Waals surface area contributed by atoms with Crippen molar-refractivity contribution >= 4 is 13.6 Å². The summed E-state index contributed by atoms with van der Waals surface area (Å²) in [5.74, 6) is -1.45. The maximum absolute atomic E-state index is 9.94. The SMILES string of the molecule is O=C([O-])CCP(=O)(O)O.c1ccc(-c2ccccc2)cc1. The molecule has 6 heteroatoms. The van der Waals surface area contributed by atoms with Crippen LogP contribution in [0.5, 0.6) is 0 Å². The number of carbonyl (C=O) groups is 1. The standard InChI is InChI=1S/C12H10.C3H7O5P/c1-3-7-11(8-4-1)12-9-5-2-6-10-12;4-3(5)1-2-9(6,7)8/h1-10H;1-2H2,(H,4,5)(H2,6,7,8)/p-1. The molecule has 2 rings (SSSR count). The second kappa shape index (κ2) is 8.37. The summed E-state index contributed by atoms with van der Waals surface area (Å²) in [6.07, 6.45) is -1.24. The van der Waals surface area contributed by atoms with E-state index in [2.05, 4.69) is 48.5 Å². The van der Waals surface area contributed by atoms with E-state index in [9.17, 15) is 14.5 Å². The number of rotatable bonds is 4. The molecule has 0 unspecified atom stereocenters. The summed E-state index contributed by atoms with van der Waals surface area (Å²) < 4.78 is 9.94. The fraction of sp³-hybridized carbons (Fsp3) is 0.133. The molecule has 0 spiro atoms. The number of carbonyl (C=O) groups excluding carboxylic acids is 1. The molecule has 0 radical (unpaired) electrons. The van der Waals surface area contributed by atoms with E-state index in [1.54, 1.807) is 0 Å². The molecule has 0 atom stereocenters. The molecule has 0 aliphatic heterocycles. The van der Waals surface area contributed by atoms with Crippen LogP contribution in [0.4, 0.5) is 0 Å². The van der Waals surface area contributed by atoms with Crippen molar-refractivity contribution in [1.82, 2.24) is 0 Å². The highest BCUT2D eigenvalue weighted by atomic mass is 31.2. The van der Waals surface area contributed by atoms with Crippen molar-refractivity contribution in [2.45, 2.75) is 6.42 Å². The van der Waals surface area contributed by atoms with E-state index in [0.29, 0.717) is 0 Å². The van der Waals surface area contributed by atoms with Gasteiger partial charge < -0.3 is 19.7 Å². The fourth-order valence-corrected chi connectivity index (χ4v) is 1.97. The zero-order chi connectivity index (χ0) is 15.7. The molecule has 0 aliphatic carbocycles. The predicted octanol–water partition coefficient (Wildman–Crippen LogP) is 1.66. The molecule has 0 saturated heterocycles. The third kappa shape index (κ3) is 8.05. The van der Waals surface area contributed by atoms with Crippen molar-refractivity contribution in [2.75, 3.05) is 6.16 Å². The molecule has 21 heavy (non-hydrogen) atoms. The molecule has 0 aliphatic rings. The molecule has 2 aromatic carbocycles. The molecular weight excluding hydrogens is 291 g/mol. The van der Waals surface area contributed by atoms with E-state index >= 15 is 0 Å². The Bertz CT molecular complexity index is 554. The number of aliphatic carboxylic acids is 1. The van der Waals surface area contributed by atoms with Gasteiger partial charge in [-0.3, -0.25) is 4.57 Å². The van der Waals surface area contributed by atoms with Gasteiger partial charge in [-0.1, -0.05) is 60.7 Å². The van der Waals surface area contributed by atoms with Crippen molar-refractivity contribution in [3.8, 4) is 11.1 Å². The maximum atomic E-state index is 9.94. The fourth-order valence-electron chi connectivity index (χ4n) is 1.50. The van der Waals surface area contributed by atoms with Crippen LogP contribution in [-0.2, 0) is 9.36 Å². The van der Waals surface area contributed by atoms with Gasteiger partial charge >= 0.3 is 7.60 Å². The zero-order valence-corrected chi connectivity index (χ0v) is 12.1. The Labute approximate surface area is 123 Å². The van der Waals surface area contributed by atoms with E-state index in [4.69, 9.17) is 9.79 Å². The minimum Gasteiger partial charge on any atom is -0.550 e. The summed E-state index contributed by atoms with van der Waals surface area (Å²) in [4.78, 5) is 25.8. The van der Waals surface area contributed by atoms with Crippen LogP contribution in [0.3, 0.4) is 0 Å². The summed E-state index contributed by atoms with van der Waals surface area (Å²) in [6.45, 7) is 0. The average molecular weight is 307 g/mol. The number of carboxylic acid groups (broad SMARTS) is 1. The summed E-state index contributed by atoms with van der Waals surface area (Å²) in [5.41, 5.74) is 2.55. The van der Waals surface area contributed by atoms with Gasteiger partial charge in [0.1, 0.15) is 0 Å². The van der Waals surface area contributed by atoms with Gasteiger partial charge in [0.15, 0.2) is 0 Å². The third-order valence-corrected chi connectivity index (χ3v) is 3.29. The summed E-state index contributed by atoms with van der Waals surface area (Å²) in [5, 5.41) is 9.59. The van der Waals surface area contributed by atoms with Crippen molar-refractivity contribution in [2.24, 2.45) is 0 Å². The van der Waals surface area contributed by atoms with Crippen LogP contribution in [0.2, 0.25) is 0 Å². The van der Waals surface area contributed by atoms with Crippen molar-refractivity contribution in [3.05, 3.63) is 60.7 Å². The quantitative estimate of drug-likeness (QED) is 0.837. The normalized spacial score (nSPS) is 10.4. The topological polar surface area (TPSA) is 97.7 Å². The van der Waals surface area contributed by atoms with E-state index in [-0.39, 0.29) is 0 Å². The molecule has 0 saturated carbocycles. The summed E-state index contributed by atoms with van der Waals surface area (Å²) >= 11 is 0. The van der Waals surface area contributed by atoms with Crippen LogP contribution in [0.1, 0.15) is 6.42 Å². The molecule has 112 valence electrons. The van der Waals surface area contributed by atoms with Gasteiger partial charge in [-0.2, -0.15) is 0 Å². The second-order valence-corrected chi connectivity index (χ2v) is 6.02. The molecule has 5 nitrogen and oxygen atoms in total. The molecule has 0 amide bonds. The minimum atomic E-state index is -4.14. The van der Waals surface area contributed by atoms with Gasteiger partial charge in [-0.05, 0) is 17.5 Å². The van der Waals surface area contributed by atoms with Gasteiger partial charge in [0, 0.05) is 5.97 Å². The van der Waals surface area contributed by atoms with E-state index in [1.807, 2.05) is 12.1 Å². The molecular formula is C15H16O5P-. The van der Waals surface area contributed by atoms with Crippen molar-refractivity contribution in [1.29, 1.82) is 0 Å². The first kappa shape index (κ1) is 17.1. The second-order valence-electron chi connectivity index (χ2n) is 4.24. The van der Waals surface area contributed by atoms with Crippen molar-refractivity contribution < 1.29 is 24.3 Å². The van der Waals surface area contributed by atoms with Gasteiger partial charge in [0.05, 0.1) is 6.16 Å². The summed E-state index contributed by atoms with van der Waals surface area (Å²) in [7, 11) is -4.14. The van der Waals surface area contributed by atoms with Gasteiger partial charge in [-0.15, -0.1) is 0 Å². The molecule has 2 aromatic rings. The number of hydrogen-bond donors (Lipinski definition) is 2. The number of carboxylic acids is 1. The minimum absolute atomic E-state index is 0.593. The lowest BCUT2D eigenvalue weighted by Gasteiger charge is -2.02. The first-order chi connectivity index (χ1) is 9.88. The molecule has 0 fully saturated rings. The van der Waals surface area contributed by atoms with Crippen LogP contribution in [0.15, 0.2) is 60.7 Å². The Morgan fingerprint density at radius 1 is 0.905 bits per heavy atom. The number of benzene rings is 2. The van der Waals surface area contributed by atoms with Gasteiger partial charge in [-0.25, -0.2) is 0 Å². The first-order valence-corrected chi connectivity index (χ1v) is 8.03. The maximum Gasteiger partial charge on any atom is 0.325 e. The Morgan fingerprint density at radius 3 is 1.52 bits per heavy atom. The Balaban J connectivity index is 0.000000222. The Hall–Kier alpha value is -1.94. The predicted molar refractivity (Wildman–Crippen MR) is 78.4 cm³/mol. The number of hydrogen-bond acceptors (Lipinski definition) is 3. The van der Waals surface area contributed by atoms with Crippen LogP contribution >= 0.6 is 7.60 Å². The summed E-state index contributed by atoms with van der Waals surface area (Å²) in [6, 6.07) is 20.8. The lowest BCUT2D eigenvalue weighted by atomic mass is 10.1. The molecule has 0 bridgehead atoms. The zero-order valence-electron chi connectivity index (χ0n) is 11.3. The van der Waals surface area contributed by atoms with Crippen LogP contribution in [-0.4, -0.2) is 21.9 Å². The first-order valence-electron chi connectivity index (χ1n) is 6.23. The van der Waals surface area contributed by atoms with Crippen LogP contribution in [0, 0.1) is 0 Å². The highest BCUT2D eigenvalue weighted by Gasteiger charge is 2.11. The Morgan fingerprint density at radius 2 is 1.29 bits per heavy atom. The molecule has 2 N–H and O–H groups in total. The monoisotopic (exact) mass is 307 g/mol. The smallest absolute Gasteiger partial charge is 0.325 e. The van der Waals surface area contributed by atoms with Gasteiger partial charge in [0.25, 0.3) is 0 Å². The average Bonchev–Trinajstić information content (AvgIpc) is 2.47. The van der Waals surface area contributed by atoms with E-state index in [1.165, 1.54) is 11.1 Å².